The molecule has 2 rings (SSSR count). The smallest absolute Gasteiger partial charge is 0.325 e. The molecule has 6 atom stereocenters. The van der Waals surface area contributed by atoms with Gasteiger partial charge in [-0.2, -0.15) is 0 Å². The van der Waals surface area contributed by atoms with E-state index in [9.17, 15) is 18.4 Å². The molecule has 9 heteroatoms. The fourth-order valence-corrected chi connectivity index (χ4v) is 7.93. The molecular formula is C32H54F2N2O4Si. The fraction of sp³-hybridized carbons (Fsp3) is 0.750. The highest BCUT2D eigenvalue weighted by atomic mass is 28.4. The summed E-state index contributed by atoms with van der Waals surface area (Å²) in [5, 5.41) is 3.09. The number of likely N-dealkylation sites (tertiary alicyclic amines) is 1. The summed E-state index contributed by atoms with van der Waals surface area (Å²) in [6.45, 7) is 14.3. The number of ether oxygens (including phenoxy) is 1. The molecular weight excluding hydrogens is 542 g/mol. The lowest BCUT2D eigenvalue weighted by atomic mass is 9.80. The maximum atomic E-state index is 14.5. The van der Waals surface area contributed by atoms with Crippen molar-refractivity contribution in [2.24, 2.45) is 5.92 Å². The Hall–Kier alpha value is -1.84. The van der Waals surface area contributed by atoms with Crippen molar-refractivity contribution in [3.05, 3.63) is 35.9 Å². The van der Waals surface area contributed by atoms with Crippen molar-refractivity contribution in [1.29, 1.82) is 0 Å². The van der Waals surface area contributed by atoms with Crippen LogP contribution in [0, 0.1) is 5.92 Å². The van der Waals surface area contributed by atoms with Crippen LogP contribution in [0.15, 0.2) is 30.3 Å². The summed E-state index contributed by atoms with van der Waals surface area (Å²) in [4.78, 5) is 27.6. The number of nitrogens with zero attached hydrogens (tertiary/aromatic N) is 1. The summed E-state index contributed by atoms with van der Waals surface area (Å²) in [6, 6.07) is 10.0. The molecule has 1 aromatic carbocycles. The molecule has 6 nitrogen and oxygen atoms in total. The van der Waals surface area contributed by atoms with E-state index >= 15 is 0 Å². The van der Waals surface area contributed by atoms with Gasteiger partial charge in [0.1, 0.15) is 6.04 Å². The van der Waals surface area contributed by atoms with E-state index < -0.39 is 38.4 Å². The number of nitrogens with one attached hydrogen (secondary N) is 1. The van der Waals surface area contributed by atoms with E-state index in [4.69, 9.17) is 9.16 Å². The van der Waals surface area contributed by atoms with Crippen LogP contribution < -0.4 is 5.32 Å². The van der Waals surface area contributed by atoms with Gasteiger partial charge in [0, 0.05) is 31.5 Å². The molecule has 1 heterocycles. The maximum absolute atomic E-state index is 14.5. The first-order valence-corrected chi connectivity index (χ1v) is 18.6. The number of halogens is 2. The Morgan fingerprint density at radius 3 is 2.34 bits per heavy atom. The Kier molecular flexibility index (Phi) is 14.4. The summed E-state index contributed by atoms with van der Waals surface area (Å²) in [5.41, 5.74) is 0.514. The predicted octanol–water partition coefficient (Wildman–Crippen LogP) is 7.33. The van der Waals surface area contributed by atoms with Crippen LogP contribution in [0.4, 0.5) is 8.78 Å². The number of amides is 1. The van der Waals surface area contributed by atoms with Crippen molar-refractivity contribution in [3.8, 4) is 0 Å². The van der Waals surface area contributed by atoms with Gasteiger partial charge in [0.25, 0.3) is 0 Å². The highest BCUT2D eigenvalue weighted by molar-refractivity contribution is 6.71. The van der Waals surface area contributed by atoms with Crippen molar-refractivity contribution in [1.82, 2.24) is 10.2 Å². The van der Waals surface area contributed by atoms with Gasteiger partial charge in [-0.15, -0.1) is 0 Å². The third-order valence-corrected chi connectivity index (χ3v) is 10.8. The number of hydrogen-bond acceptors (Lipinski definition) is 5. The highest BCUT2D eigenvalue weighted by Gasteiger charge is 2.51. The van der Waals surface area contributed by atoms with Gasteiger partial charge in [-0.3, -0.25) is 14.5 Å². The van der Waals surface area contributed by atoms with Crippen molar-refractivity contribution in [2.75, 3.05) is 6.61 Å². The zero-order chi connectivity index (χ0) is 30.6. The van der Waals surface area contributed by atoms with Crippen LogP contribution in [0.25, 0.3) is 0 Å². The van der Waals surface area contributed by atoms with Gasteiger partial charge in [-0.1, -0.05) is 50.6 Å². The summed E-state index contributed by atoms with van der Waals surface area (Å²) in [7, 11) is -2.22. The van der Waals surface area contributed by atoms with Gasteiger partial charge in [-0.25, -0.2) is 8.78 Å². The molecule has 1 aromatic rings. The zero-order valence-electron chi connectivity index (χ0n) is 26.4. The highest BCUT2D eigenvalue weighted by Crippen LogP contribution is 2.43. The lowest BCUT2D eigenvalue weighted by Crippen LogP contribution is -2.56. The first-order valence-electron chi connectivity index (χ1n) is 15.5. The van der Waals surface area contributed by atoms with E-state index in [1.54, 1.807) is 6.92 Å². The molecule has 234 valence electrons. The number of esters is 1. The molecule has 1 saturated heterocycles. The second kappa shape index (κ2) is 16.7. The van der Waals surface area contributed by atoms with Crippen molar-refractivity contribution < 1.29 is 27.5 Å². The molecule has 0 radical (unpaired) electrons. The average molecular weight is 597 g/mol. The Bertz CT molecular complexity index is 936. The van der Waals surface area contributed by atoms with Gasteiger partial charge >= 0.3 is 5.97 Å². The maximum Gasteiger partial charge on any atom is 0.325 e. The van der Waals surface area contributed by atoms with Crippen LogP contribution in [0.3, 0.4) is 0 Å². The Morgan fingerprint density at radius 1 is 1.10 bits per heavy atom. The summed E-state index contributed by atoms with van der Waals surface area (Å²) < 4.78 is 40.3. The van der Waals surface area contributed by atoms with Gasteiger partial charge in [0.2, 0.25) is 12.3 Å². The van der Waals surface area contributed by atoms with Crippen LogP contribution in [0.1, 0.15) is 91.5 Å². The van der Waals surface area contributed by atoms with Crippen LogP contribution in [0.2, 0.25) is 19.1 Å². The molecule has 1 fully saturated rings. The normalized spacial score (nSPS) is 22.6. The van der Waals surface area contributed by atoms with E-state index in [0.29, 0.717) is 51.3 Å². The second-order valence-electron chi connectivity index (χ2n) is 12.6. The second-order valence-corrected chi connectivity index (χ2v) is 16.9. The monoisotopic (exact) mass is 596 g/mol. The summed E-state index contributed by atoms with van der Waals surface area (Å²) in [6.07, 6.45) is 2.48. The number of rotatable bonds is 18. The summed E-state index contributed by atoms with van der Waals surface area (Å²) >= 11 is 0. The standard InChI is InChI=1S/C32H54F2N2O4Si/c1-8-13-28(25(4)35-26(5)37)21-32(23-39-41(6,7)20-18-24(3)33)19-17-29(31(38)40-30(34)14-9-2)36(32)22-27-15-11-10-12-16-27/h10-12,15-16,24-25,28-30H,8-9,13-14,17-23H2,1-7H3,(H,35,37)/t24?,25?,28?,29-,30?,32-/m1/s1. The number of alkyl halides is 2. The Labute approximate surface area is 248 Å². The molecule has 1 N–H and O–H groups in total. The van der Waals surface area contributed by atoms with E-state index in [0.717, 1.165) is 18.4 Å². The fourth-order valence-electron chi connectivity index (χ4n) is 6.04. The SMILES string of the molecule is CCCC(F)OC(=O)[C@H]1CC[C@](CO[Si](C)(C)CCC(C)F)(CC(CCC)C(C)NC(C)=O)N1Cc1ccccc1. The van der Waals surface area contributed by atoms with Crippen LogP contribution in [-0.4, -0.2) is 61.9 Å². The third-order valence-electron chi connectivity index (χ3n) is 8.41. The molecule has 4 unspecified atom stereocenters. The molecule has 0 aromatic heterocycles. The molecule has 1 aliphatic heterocycles. The van der Waals surface area contributed by atoms with Gasteiger partial charge in [-0.05, 0) is 83.0 Å². The molecule has 0 bridgehead atoms. The first kappa shape index (κ1) is 35.4. The molecule has 41 heavy (non-hydrogen) atoms. The molecule has 0 spiro atoms. The van der Waals surface area contributed by atoms with E-state index in [1.165, 1.54) is 6.92 Å². The largest absolute Gasteiger partial charge is 0.430 e. The quantitative estimate of drug-likeness (QED) is 0.142. The number of benzene rings is 1. The van der Waals surface area contributed by atoms with Crippen LogP contribution in [0.5, 0.6) is 0 Å². The van der Waals surface area contributed by atoms with E-state index in [2.05, 4.69) is 30.2 Å². The van der Waals surface area contributed by atoms with Crippen molar-refractivity contribution in [3.63, 3.8) is 0 Å². The van der Waals surface area contributed by atoms with Gasteiger partial charge < -0.3 is 14.5 Å². The van der Waals surface area contributed by atoms with Gasteiger partial charge in [0.15, 0.2) is 8.32 Å². The summed E-state index contributed by atoms with van der Waals surface area (Å²) in [5.74, 6) is -0.463. The van der Waals surface area contributed by atoms with Crippen molar-refractivity contribution >= 4 is 20.2 Å². The first-order chi connectivity index (χ1) is 19.3. The molecule has 1 aliphatic rings. The van der Waals surface area contributed by atoms with Crippen LogP contribution in [-0.2, 0) is 25.3 Å². The van der Waals surface area contributed by atoms with Crippen LogP contribution >= 0.6 is 0 Å². The lowest BCUT2D eigenvalue weighted by Gasteiger charge is -2.45. The number of carbonyl (C=O) groups excluding carboxylic acids is 2. The zero-order valence-corrected chi connectivity index (χ0v) is 27.4. The number of carbonyl (C=O) groups is 2. The van der Waals surface area contributed by atoms with E-state index in [1.807, 2.05) is 44.2 Å². The average Bonchev–Trinajstić information content (AvgIpc) is 3.24. The predicted molar refractivity (Wildman–Crippen MR) is 163 cm³/mol. The molecule has 0 aliphatic carbocycles. The lowest BCUT2D eigenvalue weighted by molar-refractivity contribution is -0.166. The number of hydrogen-bond donors (Lipinski definition) is 1. The van der Waals surface area contributed by atoms with E-state index in [-0.39, 0.29) is 24.3 Å². The topological polar surface area (TPSA) is 67.9 Å². The van der Waals surface area contributed by atoms with Gasteiger partial charge in [0.05, 0.1) is 12.8 Å². The third kappa shape index (κ3) is 11.4. The Balaban J connectivity index is 2.51. The minimum atomic E-state index is -2.22. The van der Waals surface area contributed by atoms with Crippen molar-refractivity contribution in [2.45, 2.75) is 142 Å². The minimum absolute atomic E-state index is 0.0636. The molecule has 0 saturated carbocycles. The Morgan fingerprint density at radius 2 is 1.76 bits per heavy atom. The minimum Gasteiger partial charge on any atom is -0.430 e. The molecule has 1 amide bonds.